The molecule has 0 radical (unpaired) electrons. The van der Waals surface area contributed by atoms with Crippen LogP contribution in [0.25, 0.3) is 0 Å². The van der Waals surface area contributed by atoms with Crippen LogP contribution < -0.4 is 15.5 Å². The van der Waals surface area contributed by atoms with E-state index in [-0.39, 0.29) is 11.9 Å². The van der Waals surface area contributed by atoms with Gasteiger partial charge in [0, 0.05) is 50.4 Å². The van der Waals surface area contributed by atoms with Crippen LogP contribution in [-0.2, 0) is 6.54 Å². The van der Waals surface area contributed by atoms with Gasteiger partial charge in [-0.2, -0.15) is 0 Å². The largest absolute Gasteiger partial charge is 0.363 e. The maximum atomic E-state index is 11.9. The number of carbonyl (C=O) groups is 1. The highest BCUT2D eigenvalue weighted by molar-refractivity contribution is 7.11. The Hall–Kier alpha value is -2.15. The van der Waals surface area contributed by atoms with Crippen LogP contribution in [0.5, 0.6) is 0 Å². The molecule has 6 nitrogen and oxygen atoms in total. The lowest BCUT2D eigenvalue weighted by Gasteiger charge is -2.13. The Bertz CT molecular complexity index is 655. The Kier molecular flexibility index (Phi) is 5.92. The molecule has 2 rings (SSSR count). The Morgan fingerprint density at radius 2 is 2.13 bits per heavy atom. The number of anilines is 1. The molecule has 0 aliphatic heterocycles. The Balaban J connectivity index is 1.78. The highest BCUT2D eigenvalue weighted by Gasteiger charge is 2.11. The van der Waals surface area contributed by atoms with E-state index in [0.717, 1.165) is 16.4 Å². The average molecular weight is 333 g/mol. The number of hydrogen-bond donors (Lipinski definition) is 2. The first kappa shape index (κ1) is 17.2. The van der Waals surface area contributed by atoms with Gasteiger partial charge in [0.05, 0.1) is 5.01 Å². The summed E-state index contributed by atoms with van der Waals surface area (Å²) < 4.78 is 0. The number of pyridine rings is 1. The topological polar surface area (TPSA) is 70.1 Å². The zero-order chi connectivity index (χ0) is 16.8. The molecule has 2 amide bonds. The molecular formula is C16H23N5OS. The summed E-state index contributed by atoms with van der Waals surface area (Å²) in [6.07, 6.45) is 3.61. The molecule has 124 valence electrons. The van der Waals surface area contributed by atoms with Crippen molar-refractivity contribution in [3.8, 4) is 0 Å². The summed E-state index contributed by atoms with van der Waals surface area (Å²) >= 11 is 1.67. The van der Waals surface area contributed by atoms with Crippen LogP contribution in [0.4, 0.5) is 10.6 Å². The summed E-state index contributed by atoms with van der Waals surface area (Å²) in [6.45, 7) is 5.13. The zero-order valence-corrected chi connectivity index (χ0v) is 14.8. The van der Waals surface area contributed by atoms with E-state index in [4.69, 9.17) is 0 Å². The van der Waals surface area contributed by atoms with E-state index in [0.29, 0.717) is 13.1 Å². The number of aromatic nitrogens is 2. The molecule has 0 saturated carbocycles. The van der Waals surface area contributed by atoms with Gasteiger partial charge < -0.3 is 15.5 Å². The van der Waals surface area contributed by atoms with Gasteiger partial charge in [-0.25, -0.2) is 14.8 Å². The molecule has 2 heterocycles. The molecule has 0 bridgehead atoms. The molecule has 1 unspecified atom stereocenters. The fraction of sp³-hybridized carbons (Fsp3) is 0.438. The summed E-state index contributed by atoms with van der Waals surface area (Å²) in [5.41, 5.74) is 1.02. The van der Waals surface area contributed by atoms with Gasteiger partial charge in [-0.1, -0.05) is 6.92 Å². The van der Waals surface area contributed by atoms with Gasteiger partial charge in [0.1, 0.15) is 5.82 Å². The van der Waals surface area contributed by atoms with Crippen LogP contribution in [-0.4, -0.2) is 36.6 Å². The van der Waals surface area contributed by atoms with Crippen molar-refractivity contribution in [2.24, 2.45) is 0 Å². The lowest BCUT2D eigenvalue weighted by atomic mass is 10.2. The minimum absolute atomic E-state index is 0.173. The normalized spacial score (nSPS) is 11.8. The molecule has 2 aromatic heterocycles. The van der Waals surface area contributed by atoms with Gasteiger partial charge >= 0.3 is 6.03 Å². The minimum atomic E-state index is -0.173. The molecule has 0 saturated heterocycles. The Morgan fingerprint density at radius 1 is 1.35 bits per heavy atom. The van der Waals surface area contributed by atoms with E-state index in [1.165, 1.54) is 4.88 Å². The molecule has 2 N–H and O–H groups in total. The molecule has 0 aliphatic rings. The number of nitrogens with zero attached hydrogens (tertiary/aromatic N) is 3. The fourth-order valence-corrected chi connectivity index (χ4v) is 2.82. The Labute approximate surface area is 141 Å². The average Bonchev–Trinajstić information content (AvgIpc) is 2.97. The number of carbonyl (C=O) groups excluding carboxylic acids is 1. The minimum Gasteiger partial charge on any atom is -0.363 e. The van der Waals surface area contributed by atoms with Crippen LogP contribution in [0.1, 0.15) is 28.3 Å². The zero-order valence-electron chi connectivity index (χ0n) is 14.0. The number of hydrogen-bond acceptors (Lipinski definition) is 5. The molecule has 7 heteroatoms. The summed E-state index contributed by atoms with van der Waals surface area (Å²) in [5.74, 6) is 1.08. The predicted octanol–water partition coefficient (Wildman–Crippen LogP) is 2.52. The number of rotatable bonds is 6. The van der Waals surface area contributed by atoms with Gasteiger partial charge in [-0.15, -0.1) is 11.3 Å². The standard InChI is InChI=1S/C16H23N5OS/c1-11(15-18-9-12(2)23-15)8-19-16(22)20-10-13-5-6-17-14(7-13)21(3)4/h5-7,9,11H,8,10H2,1-4H3,(H2,19,20,22). The monoisotopic (exact) mass is 333 g/mol. The van der Waals surface area contributed by atoms with Crippen LogP contribution in [0, 0.1) is 6.92 Å². The quantitative estimate of drug-likeness (QED) is 0.852. The van der Waals surface area contributed by atoms with E-state index in [1.807, 2.05) is 44.2 Å². The maximum absolute atomic E-state index is 11.9. The smallest absolute Gasteiger partial charge is 0.315 e. The van der Waals surface area contributed by atoms with E-state index in [1.54, 1.807) is 17.5 Å². The number of aryl methyl sites for hydroxylation is 1. The summed E-state index contributed by atoms with van der Waals surface area (Å²) in [7, 11) is 3.88. The van der Waals surface area contributed by atoms with Crippen LogP contribution in [0.3, 0.4) is 0 Å². The summed E-state index contributed by atoms with van der Waals surface area (Å²) in [4.78, 5) is 23.6. The second-order valence-corrected chi connectivity index (χ2v) is 6.96. The van der Waals surface area contributed by atoms with E-state index >= 15 is 0 Å². The van der Waals surface area contributed by atoms with Gasteiger partial charge in [-0.3, -0.25) is 0 Å². The number of thiazole rings is 1. The molecule has 0 spiro atoms. The second-order valence-electron chi connectivity index (χ2n) is 5.69. The highest BCUT2D eigenvalue weighted by Crippen LogP contribution is 2.20. The molecule has 1 atom stereocenters. The van der Waals surface area contributed by atoms with E-state index in [9.17, 15) is 4.79 Å². The van der Waals surface area contributed by atoms with E-state index in [2.05, 4.69) is 27.5 Å². The lowest BCUT2D eigenvalue weighted by molar-refractivity contribution is 0.240. The van der Waals surface area contributed by atoms with Crippen molar-refractivity contribution >= 4 is 23.2 Å². The molecule has 0 fully saturated rings. The Morgan fingerprint density at radius 3 is 2.78 bits per heavy atom. The van der Waals surface area contributed by atoms with E-state index < -0.39 is 0 Å². The first-order chi connectivity index (χ1) is 11.0. The first-order valence-corrected chi connectivity index (χ1v) is 8.33. The molecule has 2 aromatic rings. The van der Waals surface area contributed by atoms with Crippen LogP contribution in [0.2, 0.25) is 0 Å². The van der Waals surface area contributed by atoms with Crippen LogP contribution >= 0.6 is 11.3 Å². The van der Waals surface area contributed by atoms with Crippen LogP contribution in [0.15, 0.2) is 24.5 Å². The van der Waals surface area contributed by atoms with Gasteiger partial charge in [-0.05, 0) is 24.6 Å². The second kappa shape index (κ2) is 7.92. The number of urea groups is 1. The first-order valence-electron chi connectivity index (χ1n) is 7.52. The van der Waals surface area contributed by atoms with Crippen molar-refractivity contribution < 1.29 is 4.79 Å². The third-order valence-corrected chi connectivity index (χ3v) is 4.50. The number of amides is 2. The van der Waals surface area contributed by atoms with Gasteiger partial charge in [0.15, 0.2) is 0 Å². The third-order valence-electron chi connectivity index (χ3n) is 3.35. The molecule has 0 aromatic carbocycles. The summed E-state index contributed by atoms with van der Waals surface area (Å²) in [5, 5.41) is 6.80. The molecule has 23 heavy (non-hydrogen) atoms. The lowest BCUT2D eigenvalue weighted by Crippen LogP contribution is -2.37. The fourth-order valence-electron chi connectivity index (χ4n) is 1.99. The molecular weight excluding hydrogens is 310 g/mol. The predicted molar refractivity (Wildman–Crippen MR) is 94.1 cm³/mol. The van der Waals surface area contributed by atoms with Crippen molar-refractivity contribution in [3.63, 3.8) is 0 Å². The van der Waals surface area contributed by atoms with Crippen molar-refractivity contribution in [2.45, 2.75) is 26.3 Å². The number of nitrogens with one attached hydrogen (secondary N) is 2. The van der Waals surface area contributed by atoms with Crippen molar-refractivity contribution in [3.05, 3.63) is 40.0 Å². The third kappa shape index (κ3) is 5.21. The van der Waals surface area contributed by atoms with Gasteiger partial charge in [0.25, 0.3) is 0 Å². The van der Waals surface area contributed by atoms with Gasteiger partial charge in [0.2, 0.25) is 0 Å². The SMILES string of the molecule is Cc1cnc(C(C)CNC(=O)NCc2ccnc(N(C)C)c2)s1. The molecule has 0 aliphatic carbocycles. The maximum Gasteiger partial charge on any atom is 0.315 e. The van der Waals surface area contributed by atoms with Crippen molar-refractivity contribution in [1.82, 2.24) is 20.6 Å². The van der Waals surface area contributed by atoms with Crippen molar-refractivity contribution in [1.29, 1.82) is 0 Å². The highest BCUT2D eigenvalue weighted by atomic mass is 32.1. The van der Waals surface area contributed by atoms with Crippen molar-refractivity contribution in [2.75, 3.05) is 25.5 Å². The summed E-state index contributed by atoms with van der Waals surface area (Å²) in [6, 6.07) is 3.68.